The van der Waals surface area contributed by atoms with Crippen molar-refractivity contribution < 1.29 is 9.53 Å². The van der Waals surface area contributed by atoms with Crippen LogP contribution in [0.25, 0.3) is 0 Å². The molecule has 1 saturated heterocycles. The molecule has 1 fully saturated rings. The Labute approximate surface area is 97.3 Å². The summed E-state index contributed by atoms with van der Waals surface area (Å²) in [5, 5.41) is 2.93. The molecule has 1 rings (SSSR count). The van der Waals surface area contributed by atoms with Crippen LogP contribution in [0.15, 0.2) is 0 Å². The number of rotatable bonds is 4. The monoisotopic (exact) mass is 236 g/mol. The lowest BCUT2D eigenvalue weighted by atomic mass is 10.1. The van der Waals surface area contributed by atoms with Gasteiger partial charge in [0.1, 0.15) is 0 Å². The third-order valence-electron chi connectivity index (χ3n) is 2.69. The molecule has 0 aromatic heterocycles. The third kappa shape index (κ3) is 4.36. The van der Waals surface area contributed by atoms with Crippen molar-refractivity contribution in [3.05, 3.63) is 0 Å². The summed E-state index contributed by atoms with van der Waals surface area (Å²) in [6, 6.07) is 0.0963. The smallest absolute Gasteiger partial charge is 0.224 e. The van der Waals surface area contributed by atoms with Gasteiger partial charge in [-0.15, -0.1) is 12.4 Å². The Morgan fingerprint density at radius 3 is 2.73 bits per heavy atom. The van der Waals surface area contributed by atoms with Crippen LogP contribution in [0.2, 0.25) is 0 Å². The number of nitrogens with one attached hydrogen (secondary N) is 1. The number of ether oxygens (including phenoxy) is 1. The van der Waals surface area contributed by atoms with E-state index < -0.39 is 0 Å². The van der Waals surface area contributed by atoms with Crippen LogP contribution in [0.1, 0.15) is 26.7 Å². The average molecular weight is 237 g/mol. The molecule has 0 aliphatic carbocycles. The molecular weight excluding hydrogens is 216 g/mol. The normalized spacial score (nSPS) is 24.1. The zero-order valence-corrected chi connectivity index (χ0v) is 10.2. The first-order chi connectivity index (χ1) is 6.65. The Balaban J connectivity index is 0.00000196. The summed E-state index contributed by atoms with van der Waals surface area (Å²) in [6.45, 7) is 5.02. The lowest BCUT2D eigenvalue weighted by Crippen LogP contribution is -2.44. The molecule has 3 atom stereocenters. The Bertz CT molecular complexity index is 196. The summed E-state index contributed by atoms with van der Waals surface area (Å²) in [7, 11) is 0. The minimum Gasteiger partial charge on any atom is -0.376 e. The Morgan fingerprint density at radius 1 is 1.60 bits per heavy atom. The molecule has 0 spiro atoms. The summed E-state index contributed by atoms with van der Waals surface area (Å²) in [5.74, 6) is -0.0886. The number of carbonyl (C=O) groups is 1. The van der Waals surface area contributed by atoms with Crippen LogP contribution in [-0.4, -0.2) is 31.2 Å². The first-order valence-corrected chi connectivity index (χ1v) is 5.27. The molecule has 3 unspecified atom stereocenters. The summed E-state index contributed by atoms with van der Waals surface area (Å²) in [6.07, 6.45) is 2.32. The van der Waals surface area contributed by atoms with Gasteiger partial charge in [-0.1, -0.05) is 6.92 Å². The number of halogens is 1. The van der Waals surface area contributed by atoms with Gasteiger partial charge in [0.15, 0.2) is 0 Å². The molecule has 90 valence electrons. The molecule has 4 nitrogen and oxygen atoms in total. The SMILES string of the molecule is CC(CN)C(=O)NC(C)C1CCCO1.Cl. The van der Waals surface area contributed by atoms with Crippen LogP contribution >= 0.6 is 12.4 Å². The predicted molar refractivity (Wildman–Crippen MR) is 62.0 cm³/mol. The first-order valence-electron chi connectivity index (χ1n) is 5.27. The fourth-order valence-electron chi connectivity index (χ4n) is 1.56. The molecule has 1 heterocycles. The van der Waals surface area contributed by atoms with E-state index in [0.29, 0.717) is 6.54 Å². The number of hydrogen-bond donors (Lipinski definition) is 2. The summed E-state index contributed by atoms with van der Waals surface area (Å²) in [4.78, 5) is 11.5. The molecule has 0 aromatic carbocycles. The second kappa shape index (κ2) is 7.04. The molecule has 5 heteroatoms. The predicted octanol–water partition coefficient (Wildman–Crippen LogP) is 0.687. The molecule has 0 aromatic rings. The Kier molecular flexibility index (Phi) is 6.89. The lowest BCUT2D eigenvalue weighted by molar-refractivity contribution is -0.125. The van der Waals surface area contributed by atoms with E-state index in [4.69, 9.17) is 10.5 Å². The highest BCUT2D eigenvalue weighted by molar-refractivity contribution is 5.85. The second-order valence-electron chi connectivity index (χ2n) is 3.99. The summed E-state index contributed by atoms with van der Waals surface area (Å²) < 4.78 is 5.48. The molecule has 1 aliphatic heterocycles. The zero-order chi connectivity index (χ0) is 10.6. The fraction of sp³-hybridized carbons (Fsp3) is 0.900. The van der Waals surface area contributed by atoms with Crippen LogP contribution in [0, 0.1) is 5.92 Å². The van der Waals surface area contributed by atoms with E-state index in [9.17, 15) is 4.79 Å². The van der Waals surface area contributed by atoms with Crippen molar-refractivity contribution in [2.75, 3.05) is 13.2 Å². The van der Waals surface area contributed by atoms with Gasteiger partial charge < -0.3 is 15.8 Å². The van der Waals surface area contributed by atoms with Gasteiger partial charge in [0.2, 0.25) is 5.91 Å². The fourth-order valence-corrected chi connectivity index (χ4v) is 1.56. The average Bonchev–Trinajstić information content (AvgIpc) is 2.69. The second-order valence-corrected chi connectivity index (χ2v) is 3.99. The van der Waals surface area contributed by atoms with Crippen LogP contribution in [0.4, 0.5) is 0 Å². The largest absolute Gasteiger partial charge is 0.376 e. The van der Waals surface area contributed by atoms with E-state index in [0.717, 1.165) is 19.4 Å². The van der Waals surface area contributed by atoms with Crippen molar-refractivity contribution in [3.8, 4) is 0 Å². The van der Waals surface area contributed by atoms with Crippen molar-refractivity contribution >= 4 is 18.3 Å². The van der Waals surface area contributed by atoms with Crippen molar-refractivity contribution in [1.82, 2.24) is 5.32 Å². The van der Waals surface area contributed by atoms with E-state index in [1.165, 1.54) is 0 Å². The van der Waals surface area contributed by atoms with E-state index in [-0.39, 0.29) is 36.4 Å². The number of amides is 1. The molecule has 1 aliphatic rings. The Morgan fingerprint density at radius 2 is 2.27 bits per heavy atom. The van der Waals surface area contributed by atoms with Crippen LogP contribution in [0.5, 0.6) is 0 Å². The van der Waals surface area contributed by atoms with Crippen molar-refractivity contribution in [2.24, 2.45) is 11.7 Å². The molecule has 0 saturated carbocycles. The maximum absolute atomic E-state index is 11.5. The van der Waals surface area contributed by atoms with Gasteiger partial charge >= 0.3 is 0 Å². The highest BCUT2D eigenvalue weighted by atomic mass is 35.5. The van der Waals surface area contributed by atoms with Crippen molar-refractivity contribution in [2.45, 2.75) is 38.8 Å². The van der Waals surface area contributed by atoms with Gasteiger partial charge in [0.25, 0.3) is 0 Å². The maximum atomic E-state index is 11.5. The van der Waals surface area contributed by atoms with Crippen molar-refractivity contribution in [3.63, 3.8) is 0 Å². The van der Waals surface area contributed by atoms with Gasteiger partial charge in [-0.2, -0.15) is 0 Å². The molecule has 1 amide bonds. The molecule has 0 radical (unpaired) electrons. The van der Waals surface area contributed by atoms with Gasteiger partial charge in [-0.25, -0.2) is 0 Å². The quantitative estimate of drug-likeness (QED) is 0.755. The van der Waals surface area contributed by atoms with E-state index in [1.54, 1.807) is 0 Å². The van der Waals surface area contributed by atoms with Gasteiger partial charge in [-0.05, 0) is 19.8 Å². The van der Waals surface area contributed by atoms with E-state index >= 15 is 0 Å². The van der Waals surface area contributed by atoms with E-state index in [1.807, 2.05) is 13.8 Å². The van der Waals surface area contributed by atoms with Crippen LogP contribution < -0.4 is 11.1 Å². The van der Waals surface area contributed by atoms with Crippen molar-refractivity contribution in [1.29, 1.82) is 0 Å². The number of nitrogens with two attached hydrogens (primary N) is 1. The van der Waals surface area contributed by atoms with Crippen LogP contribution in [0.3, 0.4) is 0 Å². The molecule has 15 heavy (non-hydrogen) atoms. The standard InChI is InChI=1S/C10H20N2O2.ClH/c1-7(6-11)10(13)12-8(2)9-4-3-5-14-9;/h7-9H,3-6,11H2,1-2H3,(H,12,13);1H. The van der Waals surface area contributed by atoms with Gasteiger partial charge in [-0.3, -0.25) is 4.79 Å². The maximum Gasteiger partial charge on any atom is 0.224 e. The summed E-state index contributed by atoms with van der Waals surface area (Å²) in [5.41, 5.74) is 5.41. The Hall–Kier alpha value is -0.320. The molecule has 0 bridgehead atoms. The highest BCUT2D eigenvalue weighted by Gasteiger charge is 2.24. The molecule has 3 N–H and O–H groups in total. The minimum absolute atomic E-state index is 0. The van der Waals surface area contributed by atoms with E-state index in [2.05, 4.69) is 5.32 Å². The topological polar surface area (TPSA) is 64.4 Å². The van der Waals surface area contributed by atoms with Gasteiger partial charge in [0, 0.05) is 19.1 Å². The minimum atomic E-state index is -0.112. The number of carbonyl (C=O) groups excluding carboxylic acids is 1. The third-order valence-corrected chi connectivity index (χ3v) is 2.69. The van der Waals surface area contributed by atoms with Gasteiger partial charge in [0.05, 0.1) is 12.1 Å². The van der Waals surface area contributed by atoms with Crippen LogP contribution in [-0.2, 0) is 9.53 Å². The zero-order valence-electron chi connectivity index (χ0n) is 9.36. The first kappa shape index (κ1) is 14.7. The number of hydrogen-bond acceptors (Lipinski definition) is 3. The summed E-state index contributed by atoms with van der Waals surface area (Å²) >= 11 is 0. The lowest BCUT2D eigenvalue weighted by Gasteiger charge is -2.21. The highest BCUT2D eigenvalue weighted by Crippen LogP contribution is 2.15. The molecular formula is C10H21ClN2O2.